The van der Waals surface area contributed by atoms with Crippen molar-refractivity contribution < 1.29 is 31.1 Å². The maximum absolute atomic E-state index is 13.1. The van der Waals surface area contributed by atoms with Gasteiger partial charge in [0.1, 0.15) is 5.52 Å². The van der Waals surface area contributed by atoms with Crippen LogP contribution in [0.2, 0.25) is 0 Å². The van der Waals surface area contributed by atoms with E-state index in [2.05, 4.69) is 14.8 Å². The van der Waals surface area contributed by atoms with E-state index < -0.39 is 24.8 Å². The highest BCUT2D eigenvalue weighted by Gasteiger charge is 2.32. The number of halogens is 6. The number of aromatic nitrogens is 5. The van der Waals surface area contributed by atoms with Crippen molar-refractivity contribution in [3.8, 4) is 33.5 Å². The molecular formula is C26H19F6N5O3. The maximum atomic E-state index is 13.1. The summed E-state index contributed by atoms with van der Waals surface area (Å²) in [5, 5.41) is 3.69. The molecular weight excluding hydrogens is 544 g/mol. The Kier molecular flexibility index (Phi) is 6.45. The number of benzene rings is 1. The molecule has 14 heteroatoms. The first-order valence-electron chi connectivity index (χ1n) is 11.6. The first-order chi connectivity index (χ1) is 18.7. The van der Waals surface area contributed by atoms with Gasteiger partial charge in [0.15, 0.2) is 0 Å². The second-order valence-electron chi connectivity index (χ2n) is 9.05. The summed E-state index contributed by atoms with van der Waals surface area (Å²) >= 11 is 0. The number of nitrogens with one attached hydrogen (secondary N) is 1. The number of pyridine rings is 2. The van der Waals surface area contributed by atoms with Crippen LogP contribution in [0.4, 0.5) is 26.3 Å². The lowest BCUT2D eigenvalue weighted by Crippen LogP contribution is -2.18. The van der Waals surface area contributed by atoms with E-state index in [9.17, 15) is 35.9 Å². The fourth-order valence-electron chi connectivity index (χ4n) is 4.33. The molecule has 0 amide bonds. The van der Waals surface area contributed by atoms with E-state index in [1.807, 2.05) is 0 Å². The summed E-state index contributed by atoms with van der Waals surface area (Å²) in [5.74, 6) is 0. The van der Waals surface area contributed by atoms with Crippen LogP contribution in [0.15, 0.2) is 70.8 Å². The van der Waals surface area contributed by atoms with Crippen LogP contribution in [0.25, 0.3) is 44.4 Å². The Bertz CT molecular complexity index is 1840. The van der Waals surface area contributed by atoms with E-state index in [1.54, 1.807) is 18.3 Å². The Balaban J connectivity index is 1.66. The number of hydrogen-bond acceptors (Lipinski definition) is 4. The van der Waals surface area contributed by atoms with E-state index in [4.69, 9.17) is 0 Å². The van der Waals surface area contributed by atoms with Crippen molar-refractivity contribution in [3.05, 3.63) is 87.5 Å². The molecule has 5 rings (SSSR count). The van der Waals surface area contributed by atoms with Crippen molar-refractivity contribution in [1.29, 1.82) is 0 Å². The van der Waals surface area contributed by atoms with Gasteiger partial charge in [-0.2, -0.15) is 9.78 Å². The number of ether oxygens (including phenoxy) is 1. The summed E-state index contributed by atoms with van der Waals surface area (Å²) in [7, 11) is 3.02. The van der Waals surface area contributed by atoms with Crippen molar-refractivity contribution in [2.75, 3.05) is 0 Å². The zero-order valence-corrected chi connectivity index (χ0v) is 20.8. The third-order valence-electron chi connectivity index (χ3n) is 6.30. The summed E-state index contributed by atoms with van der Waals surface area (Å²) in [5.41, 5.74) is 1.75. The van der Waals surface area contributed by atoms with Gasteiger partial charge in [0, 0.05) is 66.5 Å². The molecule has 5 aromatic rings. The van der Waals surface area contributed by atoms with Gasteiger partial charge in [-0.3, -0.25) is 14.3 Å². The second kappa shape index (κ2) is 9.55. The lowest BCUT2D eigenvalue weighted by molar-refractivity contribution is -0.330. The predicted molar refractivity (Wildman–Crippen MR) is 133 cm³/mol. The van der Waals surface area contributed by atoms with Crippen molar-refractivity contribution in [2.24, 2.45) is 14.1 Å². The number of alkyl halides is 6. The molecule has 8 nitrogen and oxygen atoms in total. The summed E-state index contributed by atoms with van der Waals surface area (Å²) in [6.07, 6.45) is -4.65. The van der Waals surface area contributed by atoms with Crippen molar-refractivity contribution in [2.45, 2.75) is 19.3 Å². The van der Waals surface area contributed by atoms with Gasteiger partial charge in [-0.15, -0.1) is 26.3 Å². The number of H-pyrrole nitrogens is 1. The summed E-state index contributed by atoms with van der Waals surface area (Å²) < 4.78 is 82.8. The molecule has 0 atom stereocenters. The monoisotopic (exact) mass is 563 g/mol. The Morgan fingerprint density at radius 1 is 0.850 bits per heavy atom. The minimum Gasteiger partial charge on any atom is -0.350 e. The summed E-state index contributed by atoms with van der Waals surface area (Å²) in [6, 6.07) is 8.92. The summed E-state index contributed by atoms with van der Waals surface area (Å²) in [4.78, 5) is 28.5. The van der Waals surface area contributed by atoms with E-state index >= 15 is 0 Å². The molecule has 0 saturated heterocycles. The Hall–Kier alpha value is -4.59. The molecule has 0 radical (unpaired) electrons. The Labute approximate surface area is 220 Å². The normalized spacial score (nSPS) is 12.4. The van der Waals surface area contributed by atoms with Crippen LogP contribution in [-0.4, -0.2) is 30.3 Å². The molecule has 0 spiro atoms. The minimum atomic E-state index is -4.78. The maximum Gasteiger partial charge on any atom is 0.522 e. The molecule has 1 aromatic carbocycles. The standard InChI is InChI=1S/C26H19F6N5O3/c1-35-11-19(15-5-3-14(4-6-15)13-40-26(30,31)32)17(8-22(35)38)20-12-36(2)24(39)23-18(20)7-21(34-23)16-9-33-37(10-16)25(27,28)29/h3-12,34H,13H2,1-2H3. The second-order valence-corrected chi connectivity index (χ2v) is 9.05. The molecule has 0 bridgehead atoms. The third kappa shape index (κ3) is 5.17. The van der Waals surface area contributed by atoms with Gasteiger partial charge in [-0.05, 0) is 22.8 Å². The summed E-state index contributed by atoms with van der Waals surface area (Å²) in [6.45, 7) is -0.678. The first kappa shape index (κ1) is 27.0. The molecule has 0 saturated carbocycles. The zero-order chi connectivity index (χ0) is 29.0. The molecule has 208 valence electrons. The lowest BCUT2D eigenvalue weighted by Gasteiger charge is -2.14. The first-order valence-corrected chi connectivity index (χ1v) is 11.6. The number of rotatable bonds is 5. The average Bonchev–Trinajstić information content (AvgIpc) is 3.55. The number of aromatic amines is 1. The molecule has 0 fully saturated rings. The van der Waals surface area contributed by atoms with Crippen LogP contribution in [0, 0.1) is 0 Å². The predicted octanol–water partition coefficient (Wildman–Crippen LogP) is 5.28. The molecule has 0 aliphatic rings. The van der Waals surface area contributed by atoms with Crippen LogP contribution in [0.3, 0.4) is 0 Å². The van der Waals surface area contributed by atoms with Crippen molar-refractivity contribution in [1.82, 2.24) is 23.9 Å². The van der Waals surface area contributed by atoms with Gasteiger partial charge in [0.05, 0.1) is 12.8 Å². The number of fused-ring (bicyclic) bond motifs is 1. The molecule has 1 N–H and O–H groups in total. The van der Waals surface area contributed by atoms with Gasteiger partial charge in [-0.25, -0.2) is 0 Å². The van der Waals surface area contributed by atoms with E-state index in [0.717, 1.165) is 12.4 Å². The molecule has 0 aliphatic carbocycles. The van der Waals surface area contributed by atoms with Gasteiger partial charge in [0.25, 0.3) is 11.1 Å². The fourth-order valence-corrected chi connectivity index (χ4v) is 4.33. The fraction of sp³-hybridized carbons (Fsp3) is 0.192. The number of hydrogen-bond donors (Lipinski definition) is 1. The van der Waals surface area contributed by atoms with Crippen molar-refractivity contribution >= 4 is 10.9 Å². The minimum absolute atomic E-state index is 0.0855. The lowest BCUT2D eigenvalue weighted by atomic mass is 9.94. The molecule has 4 heterocycles. The van der Waals surface area contributed by atoms with Gasteiger partial charge >= 0.3 is 12.7 Å². The third-order valence-corrected chi connectivity index (χ3v) is 6.30. The highest BCUT2D eigenvalue weighted by Crippen LogP contribution is 2.36. The zero-order valence-electron chi connectivity index (χ0n) is 20.8. The smallest absolute Gasteiger partial charge is 0.350 e. The van der Waals surface area contributed by atoms with Crippen LogP contribution in [0.5, 0.6) is 0 Å². The average molecular weight is 563 g/mol. The van der Waals surface area contributed by atoms with Gasteiger partial charge in [-0.1, -0.05) is 24.3 Å². The Morgan fingerprint density at radius 2 is 1.52 bits per heavy atom. The van der Waals surface area contributed by atoms with Crippen LogP contribution < -0.4 is 11.1 Å². The Morgan fingerprint density at radius 3 is 2.15 bits per heavy atom. The number of nitrogens with zero attached hydrogens (tertiary/aromatic N) is 4. The molecule has 0 unspecified atom stereocenters. The van der Waals surface area contributed by atoms with Gasteiger partial charge in [0.2, 0.25) is 0 Å². The molecule has 0 aliphatic heterocycles. The van der Waals surface area contributed by atoms with E-state index in [-0.39, 0.29) is 32.6 Å². The SMILES string of the molecule is Cn1cc(-c2ccc(COC(F)(F)F)cc2)c(-c2cn(C)c(=O)c3[nH]c(-c4cnn(C(F)(F)F)c4)cc23)cc1=O. The van der Waals surface area contributed by atoms with Crippen LogP contribution >= 0.6 is 0 Å². The largest absolute Gasteiger partial charge is 0.522 e. The number of aryl methyl sites for hydroxylation is 2. The van der Waals surface area contributed by atoms with Crippen molar-refractivity contribution in [3.63, 3.8) is 0 Å². The topological polar surface area (TPSA) is 86.8 Å². The molecule has 40 heavy (non-hydrogen) atoms. The quantitative estimate of drug-likeness (QED) is 0.295. The van der Waals surface area contributed by atoms with Gasteiger partial charge < -0.3 is 14.1 Å². The highest BCUT2D eigenvalue weighted by molar-refractivity contribution is 6.00. The highest BCUT2D eigenvalue weighted by atomic mass is 19.4. The van der Waals surface area contributed by atoms with E-state index in [0.29, 0.717) is 27.6 Å². The molecule has 4 aromatic heterocycles. The van der Waals surface area contributed by atoms with Crippen LogP contribution in [0.1, 0.15) is 5.56 Å². The van der Waals surface area contributed by atoms with Crippen LogP contribution in [-0.2, 0) is 31.7 Å². The van der Waals surface area contributed by atoms with E-state index in [1.165, 1.54) is 53.7 Å².